The van der Waals surface area contributed by atoms with Crippen molar-refractivity contribution in [2.75, 3.05) is 26.2 Å². The molecule has 1 aliphatic carbocycles. The molecule has 5 rings (SSSR count). The van der Waals surface area contributed by atoms with Gasteiger partial charge in [0.1, 0.15) is 6.54 Å². The molecule has 3 aliphatic heterocycles. The summed E-state index contributed by atoms with van der Waals surface area (Å²) in [6, 6.07) is 3.40. The average molecular weight is 508 g/mol. The van der Waals surface area contributed by atoms with Gasteiger partial charge in [-0.25, -0.2) is 13.6 Å². The number of fused-ring (bicyclic) bond motifs is 3. The van der Waals surface area contributed by atoms with Gasteiger partial charge >= 0.3 is 5.97 Å². The highest BCUT2D eigenvalue weighted by Gasteiger charge is 2.56. The Labute approximate surface area is 192 Å². The predicted molar refractivity (Wildman–Crippen MR) is 108 cm³/mol. The maximum absolute atomic E-state index is 13.9. The zero-order valence-electron chi connectivity index (χ0n) is 17.5. The number of alkyl halides is 2. The molecule has 4 aliphatic rings. The van der Waals surface area contributed by atoms with E-state index in [1.165, 1.54) is 11.3 Å². The highest BCUT2D eigenvalue weighted by Crippen LogP contribution is 2.49. The monoisotopic (exact) mass is 507 g/mol. The number of unbranched alkanes of at least 4 members (excludes halogenated alkanes) is 1. The lowest BCUT2D eigenvalue weighted by Crippen LogP contribution is -3.00. The van der Waals surface area contributed by atoms with Crippen molar-refractivity contribution < 1.29 is 44.9 Å². The molecule has 170 valence electrons. The van der Waals surface area contributed by atoms with E-state index in [1.54, 1.807) is 17.5 Å². The van der Waals surface area contributed by atoms with Crippen LogP contribution < -0.4 is 17.0 Å². The molecule has 0 spiro atoms. The molecule has 1 aromatic heterocycles. The first-order valence-corrected chi connectivity index (χ1v) is 11.9. The first-order chi connectivity index (χ1) is 13.8. The summed E-state index contributed by atoms with van der Waals surface area (Å²) in [6.45, 7) is 6.33. The van der Waals surface area contributed by atoms with Gasteiger partial charge in [0.2, 0.25) is 5.92 Å². The van der Waals surface area contributed by atoms with Crippen LogP contribution in [0.5, 0.6) is 0 Å². The molecule has 4 nitrogen and oxygen atoms in total. The maximum atomic E-state index is 13.9. The van der Waals surface area contributed by atoms with Gasteiger partial charge in [0.05, 0.1) is 19.6 Å². The van der Waals surface area contributed by atoms with Gasteiger partial charge in [-0.3, -0.25) is 0 Å². The summed E-state index contributed by atoms with van der Waals surface area (Å²) in [4.78, 5) is 13.7. The molecule has 4 fully saturated rings. The quantitative estimate of drug-likeness (QED) is 0.447. The second kappa shape index (κ2) is 9.12. The van der Waals surface area contributed by atoms with Crippen molar-refractivity contribution in [3.63, 3.8) is 0 Å². The van der Waals surface area contributed by atoms with Crippen LogP contribution >= 0.6 is 11.3 Å². The SMILES string of the molecule is CCCC[N+]12CCC(CC1)[C@@H](OC(=O)C(O)(c1cccs1)C1CCC(F)(F)C1)C2.[Br-]. The van der Waals surface area contributed by atoms with Crippen molar-refractivity contribution >= 4 is 17.3 Å². The summed E-state index contributed by atoms with van der Waals surface area (Å²) < 4.78 is 34.8. The van der Waals surface area contributed by atoms with Crippen molar-refractivity contribution in [1.82, 2.24) is 0 Å². The van der Waals surface area contributed by atoms with Crippen LogP contribution in [-0.4, -0.2) is 53.8 Å². The minimum atomic E-state index is -2.83. The summed E-state index contributed by atoms with van der Waals surface area (Å²) >= 11 is 1.23. The molecule has 3 atom stereocenters. The number of carbonyl (C=O) groups is 1. The molecular formula is C22H32BrF2NO3S. The van der Waals surface area contributed by atoms with E-state index < -0.39 is 29.8 Å². The number of quaternary nitrogens is 1. The molecule has 0 amide bonds. The summed E-state index contributed by atoms with van der Waals surface area (Å²) in [5, 5.41) is 13.2. The lowest BCUT2D eigenvalue weighted by molar-refractivity contribution is -0.946. The van der Waals surface area contributed by atoms with Gasteiger partial charge in [-0.05, 0) is 24.3 Å². The van der Waals surface area contributed by atoms with E-state index in [0.29, 0.717) is 10.8 Å². The Bertz CT molecular complexity index is 724. The highest BCUT2D eigenvalue weighted by molar-refractivity contribution is 7.10. The number of hydrogen-bond donors (Lipinski definition) is 1. The molecule has 4 heterocycles. The summed E-state index contributed by atoms with van der Waals surface area (Å²) in [5.41, 5.74) is -1.98. The van der Waals surface area contributed by atoms with Crippen LogP contribution in [0, 0.1) is 11.8 Å². The largest absolute Gasteiger partial charge is 1.00 e. The van der Waals surface area contributed by atoms with E-state index in [4.69, 9.17) is 4.74 Å². The number of piperidine rings is 3. The van der Waals surface area contributed by atoms with E-state index in [1.807, 2.05) is 0 Å². The Hall–Kier alpha value is -0.570. The highest BCUT2D eigenvalue weighted by atomic mass is 79.9. The van der Waals surface area contributed by atoms with Gasteiger partial charge in [0.15, 0.2) is 11.7 Å². The van der Waals surface area contributed by atoms with Crippen LogP contribution in [0.15, 0.2) is 17.5 Å². The lowest BCUT2D eigenvalue weighted by atomic mass is 9.81. The Morgan fingerprint density at radius 3 is 2.67 bits per heavy atom. The number of aliphatic hydroxyl groups is 1. The molecule has 30 heavy (non-hydrogen) atoms. The third-order valence-corrected chi connectivity index (χ3v) is 8.48. The van der Waals surface area contributed by atoms with Crippen molar-refractivity contribution in [3.05, 3.63) is 22.4 Å². The van der Waals surface area contributed by atoms with Crippen molar-refractivity contribution in [2.45, 2.75) is 69.5 Å². The van der Waals surface area contributed by atoms with Crippen LogP contribution in [0.25, 0.3) is 0 Å². The summed E-state index contributed by atoms with van der Waals surface area (Å²) in [6.07, 6.45) is 3.49. The first-order valence-electron chi connectivity index (χ1n) is 11.0. The molecule has 0 aromatic carbocycles. The number of thiophene rings is 1. The number of rotatable bonds is 7. The Balaban J connectivity index is 0.00000256. The van der Waals surface area contributed by atoms with Gasteiger partial charge in [0, 0.05) is 42.4 Å². The zero-order chi connectivity index (χ0) is 20.7. The van der Waals surface area contributed by atoms with Crippen LogP contribution in [0.4, 0.5) is 8.78 Å². The minimum Gasteiger partial charge on any atom is -1.00 e. The fourth-order valence-corrected chi connectivity index (χ4v) is 6.55. The maximum Gasteiger partial charge on any atom is 0.344 e. The predicted octanol–water partition coefficient (Wildman–Crippen LogP) is 1.33. The third-order valence-electron chi connectivity index (χ3n) is 7.49. The molecule has 0 radical (unpaired) electrons. The topological polar surface area (TPSA) is 46.5 Å². The second-order valence-electron chi connectivity index (χ2n) is 9.37. The normalized spacial score (nSPS) is 34.2. The number of esters is 1. The van der Waals surface area contributed by atoms with Crippen LogP contribution in [0.2, 0.25) is 0 Å². The van der Waals surface area contributed by atoms with Crippen molar-refractivity contribution in [2.24, 2.45) is 11.8 Å². The number of hydrogen-bond acceptors (Lipinski definition) is 4. The van der Waals surface area contributed by atoms with Crippen molar-refractivity contribution in [3.8, 4) is 0 Å². The number of halogens is 3. The van der Waals surface area contributed by atoms with Gasteiger partial charge in [-0.15, -0.1) is 11.3 Å². The molecule has 3 saturated heterocycles. The lowest BCUT2D eigenvalue weighted by Gasteiger charge is -2.52. The van der Waals surface area contributed by atoms with Gasteiger partial charge in [-0.2, -0.15) is 0 Å². The zero-order valence-corrected chi connectivity index (χ0v) is 19.9. The van der Waals surface area contributed by atoms with Crippen molar-refractivity contribution in [1.29, 1.82) is 0 Å². The molecule has 8 heteroatoms. The molecule has 2 unspecified atom stereocenters. The molecular weight excluding hydrogens is 476 g/mol. The fourth-order valence-electron chi connectivity index (χ4n) is 5.66. The Kier molecular flexibility index (Phi) is 7.32. The van der Waals surface area contributed by atoms with Gasteiger partial charge < -0.3 is 31.3 Å². The summed E-state index contributed by atoms with van der Waals surface area (Å²) in [7, 11) is 0. The van der Waals surface area contributed by atoms with Gasteiger partial charge in [-0.1, -0.05) is 19.4 Å². The van der Waals surface area contributed by atoms with E-state index in [2.05, 4.69) is 6.92 Å². The van der Waals surface area contributed by atoms with Crippen LogP contribution in [0.1, 0.15) is 56.7 Å². The van der Waals surface area contributed by atoms with E-state index in [9.17, 15) is 18.7 Å². The number of ether oxygens (including phenoxy) is 1. The smallest absolute Gasteiger partial charge is 0.344 e. The third kappa shape index (κ3) is 4.48. The fraction of sp³-hybridized carbons (Fsp3) is 0.773. The molecule has 1 N–H and O–H groups in total. The van der Waals surface area contributed by atoms with Crippen LogP contribution in [0.3, 0.4) is 0 Å². The Morgan fingerprint density at radius 1 is 1.37 bits per heavy atom. The molecule has 1 saturated carbocycles. The van der Waals surface area contributed by atoms with Crippen LogP contribution in [-0.2, 0) is 15.1 Å². The second-order valence-corrected chi connectivity index (χ2v) is 10.3. The van der Waals surface area contributed by atoms with E-state index in [-0.39, 0.29) is 35.9 Å². The summed E-state index contributed by atoms with van der Waals surface area (Å²) in [5.74, 6) is -4.05. The Morgan fingerprint density at radius 2 is 2.10 bits per heavy atom. The van der Waals surface area contributed by atoms with Gasteiger partial charge in [0.25, 0.3) is 0 Å². The molecule has 2 bridgehead atoms. The number of nitrogens with zero attached hydrogens (tertiary/aromatic N) is 1. The van der Waals surface area contributed by atoms with E-state index >= 15 is 0 Å². The average Bonchev–Trinajstić information content (AvgIpc) is 3.37. The number of carbonyl (C=O) groups excluding carboxylic acids is 1. The standard InChI is InChI=1S/C22H32F2NO3S.BrH/c1-2-3-10-25-11-7-16(8-12-25)18(15-25)28-20(26)22(27,19-5-4-13-29-19)17-6-9-21(23,24)14-17;/h4-5,13,16-18,27H,2-3,6-12,14-15H2,1H3;1H/q+1;/p-1/t16?,17?,18-,22?,25?;/m0./s1. The first kappa shape index (κ1) is 24.1. The minimum absolute atomic E-state index is 0. The van der Waals surface area contributed by atoms with E-state index in [0.717, 1.165) is 56.3 Å². The molecule has 1 aromatic rings.